The number of carbonyl (C=O) groups is 1. The summed E-state index contributed by atoms with van der Waals surface area (Å²) in [5.41, 5.74) is 6.33. The number of nitrogens with two attached hydrogens (primary N) is 1. The molecule has 1 amide bonds. The number of para-hydroxylation sites is 1. The maximum Gasteiger partial charge on any atom is 0.239 e. The van der Waals surface area contributed by atoms with Crippen LogP contribution in [0.15, 0.2) is 18.2 Å². The molecule has 0 aliphatic rings. The zero-order valence-corrected chi connectivity index (χ0v) is 8.70. The number of rotatable bonds is 2. The van der Waals surface area contributed by atoms with Crippen molar-refractivity contribution in [2.45, 2.75) is 6.54 Å². The predicted octanol–water partition coefficient (Wildman–Crippen LogP) is 0.504. The first-order valence-corrected chi connectivity index (χ1v) is 4.74. The Hall–Kier alpha value is -2.11. The van der Waals surface area contributed by atoms with Crippen LogP contribution in [0.25, 0.3) is 11.0 Å². The smallest absolute Gasteiger partial charge is 0.239 e. The van der Waals surface area contributed by atoms with E-state index in [4.69, 9.17) is 5.73 Å². The third-order valence-electron chi connectivity index (χ3n) is 2.34. The van der Waals surface area contributed by atoms with Crippen molar-refractivity contribution >= 4 is 22.9 Å². The van der Waals surface area contributed by atoms with Gasteiger partial charge in [-0.25, -0.2) is 9.37 Å². The van der Waals surface area contributed by atoms with Gasteiger partial charge in [-0.15, -0.1) is 0 Å². The van der Waals surface area contributed by atoms with Crippen LogP contribution in [0.2, 0.25) is 0 Å². The summed E-state index contributed by atoms with van der Waals surface area (Å²) in [6.07, 6.45) is 0. The lowest BCUT2D eigenvalue weighted by Crippen LogP contribution is -2.24. The minimum absolute atomic E-state index is 0.0300. The fourth-order valence-electron chi connectivity index (χ4n) is 1.52. The molecule has 1 heterocycles. The lowest BCUT2D eigenvalue weighted by Gasteiger charge is -2.04. The molecule has 0 fully saturated rings. The number of carbonyl (C=O) groups excluding carboxylic acids is 1. The molecule has 3 N–H and O–H groups in total. The highest BCUT2D eigenvalue weighted by atomic mass is 19.1. The molecular weight excluding hydrogens is 211 g/mol. The number of halogens is 1. The van der Waals surface area contributed by atoms with Crippen molar-refractivity contribution in [3.8, 4) is 0 Å². The quantitative estimate of drug-likeness (QED) is 0.777. The standard InChI is InChI=1S/C10H11FN4O/c1-13-8(16)5-15-7-4-2-3-6(11)9(7)14-10(15)12/h2-4H,5H2,1H3,(H2,12,14)(H,13,16). The molecule has 0 aliphatic carbocycles. The van der Waals surface area contributed by atoms with Crippen molar-refractivity contribution in [1.82, 2.24) is 14.9 Å². The number of benzene rings is 1. The van der Waals surface area contributed by atoms with Crippen LogP contribution < -0.4 is 11.1 Å². The minimum Gasteiger partial charge on any atom is -0.369 e. The average molecular weight is 222 g/mol. The van der Waals surface area contributed by atoms with Crippen molar-refractivity contribution in [2.24, 2.45) is 0 Å². The number of nitrogens with one attached hydrogen (secondary N) is 1. The molecule has 2 aromatic rings. The third-order valence-corrected chi connectivity index (χ3v) is 2.34. The monoisotopic (exact) mass is 222 g/mol. The van der Waals surface area contributed by atoms with Crippen LogP contribution >= 0.6 is 0 Å². The maximum absolute atomic E-state index is 13.4. The highest BCUT2D eigenvalue weighted by Crippen LogP contribution is 2.19. The van der Waals surface area contributed by atoms with E-state index in [0.29, 0.717) is 5.52 Å². The first-order valence-electron chi connectivity index (χ1n) is 4.74. The Morgan fingerprint density at radius 2 is 2.38 bits per heavy atom. The second-order valence-corrected chi connectivity index (χ2v) is 3.34. The van der Waals surface area contributed by atoms with Crippen LogP contribution in [0, 0.1) is 5.82 Å². The number of imidazole rings is 1. The van der Waals surface area contributed by atoms with Gasteiger partial charge in [0.05, 0.1) is 5.52 Å². The molecule has 0 saturated carbocycles. The van der Waals surface area contributed by atoms with Gasteiger partial charge in [0, 0.05) is 7.05 Å². The number of nitrogens with zero attached hydrogens (tertiary/aromatic N) is 2. The van der Waals surface area contributed by atoms with Crippen LogP contribution in [0.1, 0.15) is 0 Å². The summed E-state index contributed by atoms with van der Waals surface area (Å²) in [6.45, 7) is 0.0300. The molecule has 6 heteroatoms. The van der Waals surface area contributed by atoms with Gasteiger partial charge in [0.15, 0.2) is 5.82 Å². The molecule has 0 saturated heterocycles. The zero-order chi connectivity index (χ0) is 11.7. The van der Waals surface area contributed by atoms with Gasteiger partial charge in [0.25, 0.3) is 0 Å². The minimum atomic E-state index is -0.445. The van der Waals surface area contributed by atoms with Crippen molar-refractivity contribution in [2.75, 3.05) is 12.8 Å². The average Bonchev–Trinajstić information content (AvgIpc) is 2.58. The van der Waals surface area contributed by atoms with E-state index < -0.39 is 5.82 Å². The van der Waals surface area contributed by atoms with Crippen LogP contribution in [-0.4, -0.2) is 22.5 Å². The molecule has 1 aromatic heterocycles. The van der Waals surface area contributed by atoms with Gasteiger partial charge in [-0.05, 0) is 12.1 Å². The van der Waals surface area contributed by atoms with E-state index in [-0.39, 0.29) is 23.9 Å². The number of nitrogen functional groups attached to an aromatic ring is 1. The molecule has 16 heavy (non-hydrogen) atoms. The summed E-state index contributed by atoms with van der Waals surface area (Å²) >= 11 is 0. The molecule has 0 radical (unpaired) electrons. The van der Waals surface area contributed by atoms with E-state index in [9.17, 15) is 9.18 Å². The van der Waals surface area contributed by atoms with Crippen LogP contribution in [-0.2, 0) is 11.3 Å². The number of aromatic nitrogens is 2. The number of fused-ring (bicyclic) bond motifs is 1. The van der Waals surface area contributed by atoms with Crippen molar-refractivity contribution in [3.63, 3.8) is 0 Å². The Bertz CT molecular complexity index is 549. The van der Waals surface area contributed by atoms with E-state index in [1.807, 2.05) is 0 Å². The van der Waals surface area contributed by atoms with E-state index in [2.05, 4.69) is 10.3 Å². The van der Waals surface area contributed by atoms with Gasteiger partial charge in [-0.3, -0.25) is 4.79 Å². The van der Waals surface area contributed by atoms with E-state index in [1.54, 1.807) is 12.1 Å². The summed E-state index contributed by atoms with van der Waals surface area (Å²) in [5, 5.41) is 2.47. The Kier molecular flexibility index (Phi) is 2.47. The molecule has 2 rings (SSSR count). The molecule has 0 bridgehead atoms. The normalized spacial score (nSPS) is 10.6. The lowest BCUT2D eigenvalue weighted by atomic mass is 10.3. The van der Waals surface area contributed by atoms with Gasteiger partial charge in [0.2, 0.25) is 11.9 Å². The summed E-state index contributed by atoms with van der Waals surface area (Å²) in [4.78, 5) is 15.1. The molecular formula is C10H11FN4O. The zero-order valence-electron chi connectivity index (χ0n) is 8.70. The second kappa shape index (κ2) is 3.80. The van der Waals surface area contributed by atoms with Crippen molar-refractivity contribution < 1.29 is 9.18 Å². The number of anilines is 1. The predicted molar refractivity (Wildman–Crippen MR) is 58.2 cm³/mol. The first-order chi connectivity index (χ1) is 7.63. The van der Waals surface area contributed by atoms with E-state index in [0.717, 1.165) is 0 Å². The van der Waals surface area contributed by atoms with Crippen molar-refractivity contribution in [1.29, 1.82) is 0 Å². The lowest BCUT2D eigenvalue weighted by molar-refractivity contribution is -0.121. The first kappa shape index (κ1) is 10.4. The Labute approximate surface area is 91.1 Å². The number of hydrogen-bond acceptors (Lipinski definition) is 3. The van der Waals surface area contributed by atoms with Gasteiger partial charge >= 0.3 is 0 Å². The molecule has 0 spiro atoms. The summed E-state index contributed by atoms with van der Waals surface area (Å²) < 4.78 is 14.8. The fraction of sp³-hybridized carbons (Fsp3) is 0.200. The third kappa shape index (κ3) is 1.58. The number of likely N-dealkylation sites (N-methyl/N-ethyl adjacent to an activating group) is 1. The maximum atomic E-state index is 13.4. The van der Waals surface area contributed by atoms with Crippen LogP contribution in [0.4, 0.5) is 10.3 Å². The van der Waals surface area contributed by atoms with E-state index in [1.165, 1.54) is 17.7 Å². The highest BCUT2D eigenvalue weighted by molar-refractivity contribution is 5.83. The Balaban J connectivity index is 2.56. The molecule has 0 aliphatic heterocycles. The molecule has 1 aromatic carbocycles. The van der Waals surface area contributed by atoms with Crippen LogP contribution in [0.5, 0.6) is 0 Å². The highest BCUT2D eigenvalue weighted by Gasteiger charge is 2.13. The van der Waals surface area contributed by atoms with Crippen molar-refractivity contribution in [3.05, 3.63) is 24.0 Å². The van der Waals surface area contributed by atoms with Gasteiger partial charge in [0.1, 0.15) is 12.1 Å². The van der Waals surface area contributed by atoms with Gasteiger partial charge in [-0.2, -0.15) is 0 Å². The summed E-state index contributed by atoms with van der Waals surface area (Å²) in [5.74, 6) is -0.529. The SMILES string of the molecule is CNC(=O)Cn1c(N)nc2c(F)cccc21. The molecule has 0 unspecified atom stereocenters. The Morgan fingerprint density at radius 1 is 1.62 bits per heavy atom. The topological polar surface area (TPSA) is 72.9 Å². The van der Waals surface area contributed by atoms with E-state index >= 15 is 0 Å². The fourth-order valence-corrected chi connectivity index (χ4v) is 1.52. The molecule has 84 valence electrons. The molecule has 0 atom stereocenters. The second-order valence-electron chi connectivity index (χ2n) is 3.34. The van der Waals surface area contributed by atoms with Crippen LogP contribution in [0.3, 0.4) is 0 Å². The Morgan fingerprint density at radius 3 is 3.06 bits per heavy atom. The van der Waals surface area contributed by atoms with Gasteiger partial charge < -0.3 is 15.6 Å². The molecule has 5 nitrogen and oxygen atoms in total. The number of amides is 1. The summed E-state index contributed by atoms with van der Waals surface area (Å²) in [7, 11) is 1.53. The number of hydrogen-bond donors (Lipinski definition) is 2. The summed E-state index contributed by atoms with van der Waals surface area (Å²) in [6, 6.07) is 4.53. The van der Waals surface area contributed by atoms with Gasteiger partial charge in [-0.1, -0.05) is 6.07 Å². The largest absolute Gasteiger partial charge is 0.369 e.